The van der Waals surface area contributed by atoms with Crippen molar-refractivity contribution in [1.82, 2.24) is 5.32 Å². The van der Waals surface area contributed by atoms with Gasteiger partial charge in [0.1, 0.15) is 0 Å². The maximum absolute atomic E-state index is 12.0. The number of halogens is 1. The number of nitrogens with one attached hydrogen (secondary N) is 1. The van der Waals surface area contributed by atoms with Crippen LogP contribution < -0.4 is 5.32 Å². The van der Waals surface area contributed by atoms with Gasteiger partial charge in [-0.3, -0.25) is 4.79 Å². The van der Waals surface area contributed by atoms with Gasteiger partial charge in [-0.05, 0) is 42.3 Å². The SMILES string of the molecule is COCc1cccc(C(=O)OCC(=O)N[C@@H](C)c2cccc(Cl)c2)c1. The van der Waals surface area contributed by atoms with Crippen molar-refractivity contribution in [3.63, 3.8) is 0 Å². The summed E-state index contributed by atoms with van der Waals surface area (Å²) in [6.45, 7) is 1.89. The summed E-state index contributed by atoms with van der Waals surface area (Å²) in [5.74, 6) is -0.933. The summed E-state index contributed by atoms with van der Waals surface area (Å²) in [7, 11) is 1.58. The van der Waals surface area contributed by atoms with Gasteiger partial charge in [0, 0.05) is 12.1 Å². The molecule has 0 aliphatic carbocycles. The van der Waals surface area contributed by atoms with Gasteiger partial charge in [-0.25, -0.2) is 4.79 Å². The molecule has 0 aliphatic heterocycles. The highest BCUT2D eigenvalue weighted by atomic mass is 35.5. The van der Waals surface area contributed by atoms with Gasteiger partial charge in [0.15, 0.2) is 6.61 Å². The van der Waals surface area contributed by atoms with E-state index in [1.807, 2.05) is 25.1 Å². The van der Waals surface area contributed by atoms with Gasteiger partial charge in [0.05, 0.1) is 18.2 Å². The largest absolute Gasteiger partial charge is 0.452 e. The summed E-state index contributed by atoms with van der Waals surface area (Å²) in [6, 6.07) is 13.9. The minimum absolute atomic E-state index is 0.241. The molecule has 0 fully saturated rings. The first-order chi connectivity index (χ1) is 12.0. The van der Waals surface area contributed by atoms with Gasteiger partial charge in [-0.1, -0.05) is 35.9 Å². The fourth-order valence-corrected chi connectivity index (χ4v) is 2.51. The van der Waals surface area contributed by atoms with Crippen molar-refractivity contribution in [1.29, 1.82) is 0 Å². The predicted molar refractivity (Wildman–Crippen MR) is 95.4 cm³/mol. The molecule has 25 heavy (non-hydrogen) atoms. The van der Waals surface area contributed by atoms with Crippen molar-refractivity contribution < 1.29 is 19.1 Å². The molecule has 0 aromatic heterocycles. The summed E-state index contributed by atoms with van der Waals surface area (Å²) in [5, 5.41) is 3.37. The summed E-state index contributed by atoms with van der Waals surface area (Å²) in [4.78, 5) is 24.0. The molecule has 1 amide bonds. The fourth-order valence-electron chi connectivity index (χ4n) is 2.31. The maximum Gasteiger partial charge on any atom is 0.338 e. The van der Waals surface area contributed by atoms with E-state index >= 15 is 0 Å². The monoisotopic (exact) mass is 361 g/mol. The summed E-state index contributed by atoms with van der Waals surface area (Å²) >= 11 is 5.94. The normalized spacial score (nSPS) is 11.6. The molecule has 0 unspecified atom stereocenters. The Morgan fingerprint density at radius 2 is 1.92 bits per heavy atom. The topological polar surface area (TPSA) is 64.6 Å². The van der Waals surface area contributed by atoms with Crippen LogP contribution in [0.1, 0.15) is 34.5 Å². The number of esters is 1. The second kappa shape index (κ2) is 9.20. The molecule has 0 aliphatic rings. The van der Waals surface area contributed by atoms with E-state index in [9.17, 15) is 9.59 Å². The molecule has 0 heterocycles. The van der Waals surface area contributed by atoms with Crippen LogP contribution in [-0.4, -0.2) is 25.6 Å². The zero-order chi connectivity index (χ0) is 18.2. The second-order valence-corrected chi connectivity index (χ2v) is 5.99. The standard InChI is InChI=1S/C19H20ClNO4/c1-13(15-6-4-8-17(20)10-15)21-18(22)12-25-19(23)16-7-3-5-14(9-16)11-24-2/h3-10,13H,11-12H2,1-2H3,(H,21,22)/t13-/m0/s1. The van der Waals surface area contributed by atoms with Crippen LogP contribution in [0.3, 0.4) is 0 Å². The number of ether oxygens (including phenoxy) is 2. The number of carbonyl (C=O) groups excluding carboxylic acids is 2. The Morgan fingerprint density at radius 1 is 1.16 bits per heavy atom. The minimum Gasteiger partial charge on any atom is -0.452 e. The quantitative estimate of drug-likeness (QED) is 0.766. The number of methoxy groups -OCH3 is 1. The lowest BCUT2D eigenvalue weighted by molar-refractivity contribution is -0.124. The third-order valence-electron chi connectivity index (χ3n) is 3.53. The highest BCUT2D eigenvalue weighted by Gasteiger charge is 2.13. The molecular formula is C19H20ClNO4. The van der Waals surface area contributed by atoms with E-state index in [0.29, 0.717) is 17.2 Å². The molecule has 2 rings (SSSR count). The van der Waals surface area contributed by atoms with Gasteiger partial charge < -0.3 is 14.8 Å². The maximum atomic E-state index is 12.0. The van der Waals surface area contributed by atoms with E-state index in [2.05, 4.69) is 5.32 Å². The fraction of sp³-hybridized carbons (Fsp3) is 0.263. The average molecular weight is 362 g/mol. The van der Waals surface area contributed by atoms with Crippen LogP contribution in [-0.2, 0) is 20.9 Å². The molecule has 0 saturated heterocycles. The number of hydrogen-bond donors (Lipinski definition) is 1. The molecule has 0 radical (unpaired) electrons. The number of carbonyl (C=O) groups is 2. The van der Waals surface area contributed by atoms with Crippen LogP contribution in [0.4, 0.5) is 0 Å². The van der Waals surface area contributed by atoms with Crippen molar-refractivity contribution in [2.45, 2.75) is 19.6 Å². The lowest BCUT2D eigenvalue weighted by Gasteiger charge is -2.14. The van der Waals surface area contributed by atoms with Crippen LogP contribution in [0.2, 0.25) is 5.02 Å². The Balaban J connectivity index is 1.87. The molecule has 2 aromatic carbocycles. The number of rotatable bonds is 7. The molecule has 0 saturated carbocycles. The van der Waals surface area contributed by atoms with Gasteiger partial charge in [-0.15, -0.1) is 0 Å². The molecule has 0 bridgehead atoms. The lowest BCUT2D eigenvalue weighted by Crippen LogP contribution is -2.31. The highest BCUT2D eigenvalue weighted by molar-refractivity contribution is 6.30. The van der Waals surface area contributed by atoms with Crippen LogP contribution in [0.25, 0.3) is 0 Å². The van der Waals surface area contributed by atoms with E-state index in [1.165, 1.54) is 0 Å². The lowest BCUT2D eigenvalue weighted by atomic mass is 10.1. The molecule has 0 spiro atoms. The van der Waals surface area contributed by atoms with Crippen LogP contribution >= 0.6 is 11.6 Å². The zero-order valence-electron chi connectivity index (χ0n) is 14.1. The summed E-state index contributed by atoms with van der Waals surface area (Å²) < 4.78 is 10.1. The first kappa shape index (κ1) is 19.0. The van der Waals surface area contributed by atoms with Crippen molar-refractivity contribution >= 4 is 23.5 Å². The summed E-state index contributed by atoms with van der Waals surface area (Å²) in [6.07, 6.45) is 0. The van der Waals surface area contributed by atoms with Crippen LogP contribution in [0.15, 0.2) is 48.5 Å². The Labute approximate surface area is 151 Å². The molecule has 5 nitrogen and oxygen atoms in total. The third kappa shape index (κ3) is 5.89. The molecular weight excluding hydrogens is 342 g/mol. The Morgan fingerprint density at radius 3 is 2.64 bits per heavy atom. The first-order valence-corrected chi connectivity index (χ1v) is 8.17. The third-order valence-corrected chi connectivity index (χ3v) is 3.77. The second-order valence-electron chi connectivity index (χ2n) is 5.55. The highest BCUT2D eigenvalue weighted by Crippen LogP contribution is 2.17. The molecule has 132 valence electrons. The van der Waals surface area contributed by atoms with Gasteiger partial charge in [0.25, 0.3) is 5.91 Å². The molecule has 6 heteroatoms. The predicted octanol–water partition coefficient (Wildman–Crippen LogP) is 3.52. The van der Waals surface area contributed by atoms with Crippen molar-refractivity contribution in [2.75, 3.05) is 13.7 Å². The average Bonchev–Trinajstić information content (AvgIpc) is 2.60. The van der Waals surface area contributed by atoms with E-state index in [1.54, 1.807) is 37.4 Å². The number of benzene rings is 2. The minimum atomic E-state index is -0.552. The van der Waals surface area contributed by atoms with Crippen molar-refractivity contribution in [3.8, 4) is 0 Å². The molecule has 1 atom stereocenters. The molecule has 1 N–H and O–H groups in total. The van der Waals surface area contributed by atoms with Crippen molar-refractivity contribution in [2.24, 2.45) is 0 Å². The van der Waals surface area contributed by atoms with Crippen molar-refractivity contribution in [3.05, 3.63) is 70.2 Å². The van der Waals surface area contributed by atoms with E-state index < -0.39 is 5.97 Å². The number of amides is 1. The Hall–Kier alpha value is -2.37. The molecule has 2 aromatic rings. The Kier molecular flexibility index (Phi) is 6.98. The van der Waals surface area contributed by atoms with Crippen LogP contribution in [0, 0.1) is 0 Å². The van der Waals surface area contributed by atoms with Gasteiger partial charge in [0.2, 0.25) is 0 Å². The van der Waals surface area contributed by atoms with E-state index in [0.717, 1.165) is 11.1 Å². The van der Waals surface area contributed by atoms with E-state index in [-0.39, 0.29) is 18.6 Å². The Bertz CT molecular complexity index is 748. The first-order valence-electron chi connectivity index (χ1n) is 7.79. The zero-order valence-corrected chi connectivity index (χ0v) is 14.9. The summed E-state index contributed by atoms with van der Waals surface area (Å²) in [5.41, 5.74) is 2.11. The smallest absolute Gasteiger partial charge is 0.338 e. The van der Waals surface area contributed by atoms with E-state index in [4.69, 9.17) is 21.1 Å². The van der Waals surface area contributed by atoms with Crippen LogP contribution in [0.5, 0.6) is 0 Å². The van der Waals surface area contributed by atoms with Gasteiger partial charge >= 0.3 is 5.97 Å². The van der Waals surface area contributed by atoms with Gasteiger partial charge in [-0.2, -0.15) is 0 Å². The number of hydrogen-bond acceptors (Lipinski definition) is 4.